The van der Waals surface area contributed by atoms with Gasteiger partial charge in [-0.25, -0.2) is 8.78 Å². The molecule has 0 fully saturated rings. The van der Waals surface area contributed by atoms with Crippen LogP contribution in [0.1, 0.15) is 15.9 Å². The summed E-state index contributed by atoms with van der Waals surface area (Å²) < 4.78 is 67.5. The van der Waals surface area contributed by atoms with E-state index in [4.69, 9.17) is 4.74 Å². The molecule has 0 unspecified atom stereocenters. The standard InChI is InChI=1S/C16H11F5O2/c17-15(18)9-23-14-7-11(4-5-12(14)8-22)10-2-1-3-13(6-10)16(19,20)21/h1-8,15H,9H2. The van der Waals surface area contributed by atoms with Crippen molar-refractivity contribution in [3.05, 3.63) is 53.6 Å². The Bertz CT molecular complexity index is 695. The average Bonchev–Trinajstić information content (AvgIpc) is 2.52. The smallest absolute Gasteiger partial charge is 0.416 e. The Morgan fingerprint density at radius 1 is 1.04 bits per heavy atom. The fraction of sp³-hybridized carbons (Fsp3) is 0.188. The number of ether oxygens (including phenoxy) is 1. The van der Waals surface area contributed by atoms with Gasteiger partial charge in [0.1, 0.15) is 12.4 Å². The normalized spacial score (nSPS) is 11.6. The molecular formula is C16H11F5O2. The minimum atomic E-state index is -4.49. The molecule has 23 heavy (non-hydrogen) atoms. The summed E-state index contributed by atoms with van der Waals surface area (Å²) in [6, 6.07) is 8.55. The molecule has 0 atom stereocenters. The number of carbonyl (C=O) groups is 1. The lowest BCUT2D eigenvalue weighted by atomic mass is 10.0. The maximum atomic E-state index is 12.7. The van der Waals surface area contributed by atoms with Crippen molar-refractivity contribution in [2.45, 2.75) is 12.6 Å². The van der Waals surface area contributed by atoms with Crippen LogP contribution in [-0.2, 0) is 6.18 Å². The second-order valence-electron chi connectivity index (χ2n) is 4.65. The average molecular weight is 330 g/mol. The zero-order valence-electron chi connectivity index (χ0n) is 11.6. The van der Waals surface area contributed by atoms with Gasteiger partial charge < -0.3 is 4.74 Å². The molecule has 0 aromatic heterocycles. The maximum Gasteiger partial charge on any atom is 0.416 e. The van der Waals surface area contributed by atoms with E-state index in [1.165, 1.54) is 30.3 Å². The number of hydrogen-bond donors (Lipinski definition) is 0. The molecule has 2 rings (SSSR count). The quantitative estimate of drug-likeness (QED) is 0.580. The van der Waals surface area contributed by atoms with Gasteiger partial charge in [0.05, 0.1) is 11.1 Å². The predicted octanol–water partition coefficient (Wildman–Crippen LogP) is 4.83. The van der Waals surface area contributed by atoms with Crippen molar-refractivity contribution < 1.29 is 31.5 Å². The second-order valence-corrected chi connectivity index (χ2v) is 4.65. The van der Waals surface area contributed by atoms with E-state index >= 15 is 0 Å². The Hall–Kier alpha value is -2.44. The molecule has 0 saturated heterocycles. The molecule has 2 nitrogen and oxygen atoms in total. The Labute approximate surface area is 128 Å². The maximum absolute atomic E-state index is 12.7. The van der Waals surface area contributed by atoms with Gasteiger partial charge in [0, 0.05) is 0 Å². The van der Waals surface area contributed by atoms with Crippen LogP contribution >= 0.6 is 0 Å². The topological polar surface area (TPSA) is 26.3 Å². The number of hydrogen-bond acceptors (Lipinski definition) is 2. The summed E-state index contributed by atoms with van der Waals surface area (Å²) >= 11 is 0. The minimum absolute atomic E-state index is 0.0429. The number of rotatable bonds is 5. The molecule has 7 heteroatoms. The Morgan fingerprint density at radius 2 is 1.74 bits per heavy atom. The lowest BCUT2D eigenvalue weighted by Crippen LogP contribution is -2.08. The predicted molar refractivity (Wildman–Crippen MR) is 73.8 cm³/mol. The lowest BCUT2D eigenvalue weighted by molar-refractivity contribution is -0.137. The molecule has 0 aliphatic heterocycles. The van der Waals surface area contributed by atoms with Crippen LogP contribution in [0.4, 0.5) is 22.0 Å². The van der Waals surface area contributed by atoms with Gasteiger partial charge in [-0.05, 0) is 35.4 Å². The van der Waals surface area contributed by atoms with Crippen LogP contribution in [0.5, 0.6) is 5.75 Å². The molecular weight excluding hydrogens is 319 g/mol. The summed E-state index contributed by atoms with van der Waals surface area (Å²) in [5.41, 5.74) is -0.226. The first-order valence-corrected chi connectivity index (χ1v) is 6.49. The van der Waals surface area contributed by atoms with E-state index in [0.717, 1.165) is 12.1 Å². The summed E-state index contributed by atoms with van der Waals surface area (Å²) in [7, 11) is 0. The first kappa shape index (κ1) is 16.9. The van der Waals surface area contributed by atoms with Gasteiger partial charge in [0.15, 0.2) is 6.29 Å². The molecule has 0 heterocycles. The van der Waals surface area contributed by atoms with Crippen LogP contribution in [-0.4, -0.2) is 19.3 Å². The molecule has 122 valence electrons. The van der Waals surface area contributed by atoms with E-state index in [0.29, 0.717) is 11.8 Å². The van der Waals surface area contributed by atoms with Crippen molar-refractivity contribution in [3.8, 4) is 16.9 Å². The van der Waals surface area contributed by atoms with Crippen molar-refractivity contribution in [3.63, 3.8) is 0 Å². The van der Waals surface area contributed by atoms with E-state index in [9.17, 15) is 26.7 Å². The molecule has 0 spiro atoms. The zero-order chi connectivity index (χ0) is 17.0. The van der Waals surface area contributed by atoms with Crippen molar-refractivity contribution in [1.29, 1.82) is 0 Å². The molecule has 0 aliphatic rings. The molecule has 0 amide bonds. The van der Waals surface area contributed by atoms with Crippen molar-refractivity contribution >= 4 is 6.29 Å². The highest BCUT2D eigenvalue weighted by Crippen LogP contribution is 2.33. The fourth-order valence-corrected chi connectivity index (χ4v) is 1.96. The van der Waals surface area contributed by atoms with Crippen molar-refractivity contribution in [2.24, 2.45) is 0 Å². The first-order chi connectivity index (χ1) is 10.8. The van der Waals surface area contributed by atoms with E-state index in [1.807, 2.05) is 0 Å². The van der Waals surface area contributed by atoms with Gasteiger partial charge in [-0.3, -0.25) is 4.79 Å². The van der Waals surface area contributed by atoms with E-state index in [1.54, 1.807) is 0 Å². The molecule has 0 saturated carbocycles. The summed E-state index contributed by atoms with van der Waals surface area (Å²) in [5.74, 6) is -0.102. The van der Waals surface area contributed by atoms with Crippen LogP contribution in [0.3, 0.4) is 0 Å². The molecule has 0 bridgehead atoms. The SMILES string of the molecule is O=Cc1ccc(-c2cccc(C(F)(F)F)c2)cc1OCC(F)F. The Balaban J connectivity index is 2.40. The number of alkyl halides is 5. The van der Waals surface area contributed by atoms with Gasteiger partial charge in [-0.1, -0.05) is 18.2 Å². The third-order valence-electron chi connectivity index (χ3n) is 3.03. The second kappa shape index (κ2) is 6.76. The molecule has 0 radical (unpaired) electrons. The third-order valence-corrected chi connectivity index (χ3v) is 3.03. The van der Waals surface area contributed by atoms with Gasteiger partial charge in [0.25, 0.3) is 6.43 Å². The lowest BCUT2D eigenvalue weighted by Gasteiger charge is -2.12. The van der Waals surface area contributed by atoms with Crippen LogP contribution in [0.25, 0.3) is 11.1 Å². The van der Waals surface area contributed by atoms with Crippen LogP contribution in [0.2, 0.25) is 0 Å². The number of halogens is 5. The molecule has 2 aromatic carbocycles. The van der Waals surface area contributed by atoms with E-state index in [-0.39, 0.29) is 16.9 Å². The van der Waals surface area contributed by atoms with Crippen LogP contribution in [0, 0.1) is 0 Å². The number of carbonyl (C=O) groups excluding carboxylic acids is 1. The van der Waals surface area contributed by atoms with Crippen molar-refractivity contribution in [1.82, 2.24) is 0 Å². The fourth-order valence-electron chi connectivity index (χ4n) is 1.96. The molecule has 2 aromatic rings. The summed E-state index contributed by atoms with van der Waals surface area (Å²) in [6.45, 7) is -0.910. The van der Waals surface area contributed by atoms with Gasteiger partial charge in [-0.2, -0.15) is 13.2 Å². The largest absolute Gasteiger partial charge is 0.487 e. The van der Waals surface area contributed by atoms with Crippen LogP contribution < -0.4 is 4.74 Å². The monoisotopic (exact) mass is 330 g/mol. The first-order valence-electron chi connectivity index (χ1n) is 6.49. The van der Waals surface area contributed by atoms with Crippen molar-refractivity contribution in [2.75, 3.05) is 6.61 Å². The highest BCUT2D eigenvalue weighted by Gasteiger charge is 2.30. The summed E-state index contributed by atoms with van der Waals surface area (Å²) in [6.07, 6.45) is -6.79. The van der Waals surface area contributed by atoms with E-state index in [2.05, 4.69) is 0 Å². The summed E-state index contributed by atoms with van der Waals surface area (Å²) in [4.78, 5) is 10.9. The van der Waals surface area contributed by atoms with Gasteiger partial charge in [-0.15, -0.1) is 0 Å². The number of benzene rings is 2. The minimum Gasteiger partial charge on any atom is -0.487 e. The Morgan fingerprint density at radius 3 is 2.35 bits per heavy atom. The highest BCUT2D eigenvalue weighted by molar-refractivity contribution is 5.82. The van der Waals surface area contributed by atoms with Gasteiger partial charge >= 0.3 is 6.18 Å². The van der Waals surface area contributed by atoms with Gasteiger partial charge in [0.2, 0.25) is 0 Å². The Kier molecular flexibility index (Phi) is 4.98. The highest BCUT2D eigenvalue weighted by atomic mass is 19.4. The van der Waals surface area contributed by atoms with Crippen LogP contribution in [0.15, 0.2) is 42.5 Å². The number of aldehydes is 1. The van der Waals surface area contributed by atoms with E-state index < -0.39 is 24.8 Å². The summed E-state index contributed by atoms with van der Waals surface area (Å²) in [5, 5.41) is 0. The third kappa shape index (κ3) is 4.28. The zero-order valence-corrected chi connectivity index (χ0v) is 11.6. The molecule has 0 aliphatic carbocycles. The molecule has 0 N–H and O–H groups in total.